The predicted octanol–water partition coefficient (Wildman–Crippen LogP) is -1.44. The van der Waals surface area contributed by atoms with Crippen LogP contribution < -0.4 is 10.9 Å². The first-order valence-corrected chi connectivity index (χ1v) is 3.47. The van der Waals surface area contributed by atoms with Crippen molar-refractivity contribution in [2.24, 2.45) is 0 Å². The lowest BCUT2D eigenvalue weighted by Crippen LogP contribution is -2.45. The maximum absolute atomic E-state index is 10.4. The third kappa shape index (κ3) is 5.62. The van der Waals surface area contributed by atoms with Crippen molar-refractivity contribution in [2.75, 3.05) is 0 Å². The zero-order chi connectivity index (χ0) is 10.3. The van der Waals surface area contributed by atoms with Crippen molar-refractivity contribution in [3.63, 3.8) is 0 Å². The number of hydrogen-bond acceptors (Lipinski definition) is 4. The lowest BCUT2D eigenvalue weighted by Gasteiger charge is -2.11. The average molecular weight is 190 g/mol. The van der Waals surface area contributed by atoms with E-state index in [9.17, 15) is 14.4 Å². The van der Waals surface area contributed by atoms with E-state index in [1.54, 1.807) is 0 Å². The first kappa shape index (κ1) is 11.4. The highest BCUT2D eigenvalue weighted by molar-refractivity contribution is 5.75. The standard InChI is InChI=1S/C6H10N2O5/c9-3-7-8-4(6(12)13)1-2-5(10)11/h3-4,8H,1-2H2,(H,7,9)(H,10,11)(H,12,13)/t4-/m0/s1. The SMILES string of the molecule is O=CNN[C@@H](CCC(=O)O)C(=O)O. The normalized spacial score (nSPS) is 11.7. The number of carboxylic acid groups (broad SMARTS) is 2. The second-order valence-electron chi connectivity index (χ2n) is 2.23. The number of hydrazine groups is 1. The third-order valence-electron chi connectivity index (χ3n) is 1.26. The van der Waals surface area contributed by atoms with E-state index in [1.165, 1.54) is 0 Å². The van der Waals surface area contributed by atoms with E-state index in [1.807, 2.05) is 5.43 Å². The van der Waals surface area contributed by atoms with E-state index in [0.29, 0.717) is 0 Å². The summed E-state index contributed by atoms with van der Waals surface area (Å²) in [7, 11) is 0. The van der Waals surface area contributed by atoms with E-state index < -0.39 is 18.0 Å². The minimum Gasteiger partial charge on any atom is -0.481 e. The maximum Gasteiger partial charge on any atom is 0.322 e. The van der Waals surface area contributed by atoms with Crippen molar-refractivity contribution in [1.29, 1.82) is 0 Å². The molecule has 0 aliphatic rings. The zero-order valence-corrected chi connectivity index (χ0v) is 6.69. The smallest absolute Gasteiger partial charge is 0.322 e. The number of rotatable bonds is 7. The number of hydrogen-bond donors (Lipinski definition) is 4. The van der Waals surface area contributed by atoms with Crippen LogP contribution >= 0.6 is 0 Å². The van der Waals surface area contributed by atoms with Crippen LogP contribution in [0, 0.1) is 0 Å². The van der Waals surface area contributed by atoms with Crippen molar-refractivity contribution in [3.05, 3.63) is 0 Å². The molecule has 7 nitrogen and oxygen atoms in total. The Balaban J connectivity index is 3.87. The molecule has 1 amide bonds. The van der Waals surface area contributed by atoms with Gasteiger partial charge in [-0.2, -0.15) is 0 Å². The number of amides is 1. The van der Waals surface area contributed by atoms with E-state index in [-0.39, 0.29) is 19.3 Å². The van der Waals surface area contributed by atoms with E-state index in [4.69, 9.17) is 10.2 Å². The minimum absolute atomic E-state index is 0.0918. The van der Waals surface area contributed by atoms with Crippen LogP contribution in [0.25, 0.3) is 0 Å². The fourth-order valence-corrected chi connectivity index (χ4v) is 0.660. The topological polar surface area (TPSA) is 116 Å². The van der Waals surface area contributed by atoms with Crippen LogP contribution in [0.3, 0.4) is 0 Å². The van der Waals surface area contributed by atoms with Gasteiger partial charge < -0.3 is 10.2 Å². The van der Waals surface area contributed by atoms with Crippen LogP contribution in [0.4, 0.5) is 0 Å². The zero-order valence-electron chi connectivity index (χ0n) is 6.69. The molecular formula is C6H10N2O5. The molecule has 0 aliphatic heterocycles. The first-order chi connectivity index (χ1) is 6.07. The summed E-state index contributed by atoms with van der Waals surface area (Å²) in [5.41, 5.74) is 4.09. The van der Waals surface area contributed by atoms with Crippen LogP contribution in [0.5, 0.6) is 0 Å². The molecule has 4 N–H and O–H groups in total. The van der Waals surface area contributed by atoms with Gasteiger partial charge in [0.2, 0.25) is 6.41 Å². The molecular weight excluding hydrogens is 180 g/mol. The molecule has 0 aromatic carbocycles. The van der Waals surface area contributed by atoms with Gasteiger partial charge in [0.25, 0.3) is 0 Å². The van der Waals surface area contributed by atoms with Crippen molar-refractivity contribution >= 4 is 18.3 Å². The van der Waals surface area contributed by atoms with Crippen molar-refractivity contribution in [3.8, 4) is 0 Å². The Labute approximate surface area is 73.7 Å². The van der Waals surface area contributed by atoms with Gasteiger partial charge in [-0.25, -0.2) is 5.43 Å². The van der Waals surface area contributed by atoms with Crippen LogP contribution in [-0.4, -0.2) is 34.6 Å². The summed E-state index contributed by atoms with van der Waals surface area (Å²) < 4.78 is 0. The monoisotopic (exact) mass is 190 g/mol. The summed E-state index contributed by atoms with van der Waals surface area (Å²) in [5.74, 6) is -2.30. The minimum atomic E-state index is -1.21. The molecule has 74 valence electrons. The molecule has 0 aromatic heterocycles. The largest absolute Gasteiger partial charge is 0.481 e. The molecule has 0 bridgehead atoms. The number of carbonyl (C=O) groups is 3. The van der Waals surface area contributed by atoms with E-state index in [0.717, 1.165) is 0 Å². The molecule has 0 spiro atoms. The molecule has 0 heterocycles. The van der Waals surface area contributed by atoms with Gasteiger partial charge in [0.05, 0.1) is 0 Å². The molecule has 0 saturated carbocycles. The first-order valence-electron chi connectivity index (χ1n) is 3.47. The molecule has 0 saturated heterocycles. The van der Waals surface area contributed by atoms with Gasteiger partial charge in [-0.3, -0.25) is 19.8 Å². The van der Waals surface area contributed by atoms with Gasteiger partial charge in [-0.05, 0) is 6.42 Å². The van der Waals surface area contributed by atoms with Crippen molar-refractivity contribution < 1.29 is 24.6 Å². The Kier molecular flexibility index (Phi) is 5.20. The van der Waals surface area contributed by atoms with Gasteiger partial charge in [0, 0.05) is 6.42 Å². The highest BCUT2D eigenvalue weighted by atomic mass is 16.4. The van der Waals surface area contributed by atoms with Crippen molar-refractivity contribution in [2.45, 2.75) is 18.9 Å². The molecule has 0 radical (unpaired) electrons. The van der Waals surface area contributed by atoms with Gasteiger partial charge >= 0.3 is 11.9 Å². The van der Waals surface area contributed by atoms with Crippen LogP contribution in [0.2, 0.25) is 0 Å². The Morgan fingerprint density at radius 3 is 2.38 bits per heavy atom. The molecule has 13 heavy (non-hydrogen) atoms. The summed E-state index contributed by atoms with van der Waals surface area (Å²) in [6.45, 7) is 0. The summed E-state index contributed by atoms with van der Waals surface area (Å²) in [6.07, 6.45) is -0.0906. The molecule has 1 atom stereocenters. The summed E-state index contributed by atoms with van der Waals surface area (Å²) >= 11 is 0. The van der Waals surface area contributed by atoms with Gasteiger partial charge in [0.1, 0.15) is 6.04 Å². The quantitative estimate of drug-likeness (QED) is 0.288. The molecule has 0 fully saturated rings. The second kappa shape index (κ2) is 5.95. The van der Waals surface area contributed by atoms with Crippen LogP contribution in [0.1, 0.15) is 12.8 Å². The maximum atomic E-state index is 10.4. The van der Waals surface area contributed by atoms with E-state index >= 15 is 0 Å². The Morgan fingerprint density at radius 1 is 1.38 bits per heavy atom. The van der Waals surface area contributed by atoms with Crippen molar-refractivity contribution in [1.82, 2.24) is 10.9 Å². The number of aliphatic carboxylic acids is 2. The average Bonchev–Trinajstić information content (AvgIpc) is 2.03. The highest BCUT2D eigenvalue weighted by Crippen LogP contribution is 1.96. The van der Waals surface area contributed by atoms with Crippen LogP contribution in [0.15, 0.2) is 0 Å². The predicted molar refractivity (Wildman–Crippen MR) is 40.6 cm³/mol. The second-order valence-corrected chi connectivity index (χ2v) is 2.23. The van der Waals surface area contributed by atoms with Crippen LogP contribution in [-0.2, 0) is 14.4 Å². The number of carboxylic acids is 2. The Bertz CT molecular complexity index is 205. The Hall–Kier alpha value is -1.63. The summed E-state index contributed by atoms with van der Waals surface area (Å²) in [5, 5.41) is 16.8. The number of nitrogens with one attached hydrogen (secondary N) is 2. The fourth-order valence-electron chi connectivity index (χ4n) is 0.660. The molecule has 0 aromatic rings. The molecule has 0 rings (SSSR count). The molecule has 0 unspecified atom stereocenters. The van der Waals surface area contributed by atoms with Gasteiger partial charge in [0.15, 0.2) is 0 Å². The van der Waals surface area contributed by atoms with E-state index in [2.05, 4.69) is 5.43 Å². The fraction of sp³-hybridized carbons (Fsp3) is 0.500. The van der Waals surface area contributed by atoms with Gasteiger partial charge in [-0.1, -0.05) is 0 Å². The van der Waals surface area contributed by atoms with Gasteiger partial charge in [-0.15, -0.1) is 0 Å². The Morgan fingerprint density at radius 2 is 2.00 bits per heavy atom. The lowest BCUT2D eigenvalue weighted by atomic mass is 10.2. The third-order valence-corrected chi connectivity index (χ3v) is 1.26. The number of carbonyl (C=O) groups excluding carboxylic acids is 1. The molecule has 7 heteroatoms. The molecule has 0 aliphatic carbocycles. The highest BCUT2D eigenvalue weighted by Gasteiger charge is 2.17. The lowest BCUT2D eigenvalue weighted by molar-refractivity contribution is -0.141. The summed E-state index contributed by atoms with van der Waals surface area (Å²) in [6, 6.07) is -1.08. The summed E-state index contributed by atoms with van der Waals surface area (Å²) in [4.78, 5) is 30.3.